The molecule has 0 aromatic heterocycles. The van der Waals surface area contributed by atoms with Crippen molar-refractivity contribution in [2.45, 2.75) is 26.7 Å². The van der Waals surface area contributed by atoms with Gasteiger partial charge in [0.25, 0.3) is 0 Å². The second-order valence-electron chi connectivity index (χ2n) is 3.06. The smallest absolute Gasteiger partial charge is 0.147 e. The molecule has 1 N–H and O–H groups in total. The van der Waals surface area contributed by atoms with E-state index in [4.69, 9.17) is 9.68 Å². The van der Waals surface area contributed by atoms with Gasteiger partial charge in [0.1, 0.15) is 11.5 Å². The van der Waals surface area contributed by atoms with Crippen LogP contribution in [0.2, 0.25) is 0 Å². The predicted octanol–water partition coefficient (Wildman–Crippen LogP) is 3.15. The summed E-state index contributed by atoms with van der Waals surface area (Å²) in [5, 5.41) is 0. The van der Waals surface area contributed by atoms with Crippen LogP contribution in [0, 0.1) is 0 Å². The van der Waals surface area contributed by atoms with Crippen LogP contribution in [0.1, 0.15) is 26.7 Å². The van der Waals surface area contributed by atoms with E-state index in [9.17, 15) is 0 Å². The highest BCUT2D eigenvalue weighted by atomic mass is 16.9. The Hall–Kier alpha value is -1.48. The highest BCUT2D eigenvalue weighted by Crippen LogP contribution is 2.09. The van der Waals surface area contributed by atoms with Gasteiger partial charge in [-0.2, -0.15) is 0 Å². The van der Waals surface area contributed by atoms with Crippen LogP contribution >= 0.6 is 0 Å². The minimum absolute atomic E-state index is 0.720. The molecule has 15 heavy (non-hydrogen) atoms. The maximum absolute atomic E-state index is 5.19. The van der Waals surface area contributed by atoms with Crippen molar-refractivity contribution in [1.82, 2.24) is 5.64 Å². The van der Waals surface area contributed by atoms with Crippen LogP contribution in [0.5, 0.6) is 0 Å². The summed E-state index contributed by atoms with van der Waals surface area (Å²) in [7, 11) is 0. The predicted molar refractivity (Wildman–Crippen MR) is 60.3 cm³/mol. The molecule has 82 valence electrons. The third-order valence-corrected chi connectivity index (χ3v) is 1.90. The molecule has 0 heterocycles. The van der Waals surface area contributed by atoms with E-state index < -0.39 is 0 Å². The van der Waals surface area contributed by atoms with Gasteiger partial charge in [-0.3, -0.25) is 0 Å². The molecule has 0 aliphatic heterocycles. The first kappa shape index (κ1) is 11.6. The Labute approximate surface area is 90.7 Å². The van der Waals surface area contributed by atoms with Crippen LogP contribution in [0.4, 0.5) is 0 Å². The molecule has 0 atom stereocenters. The van der Waals surface area contributed by atoms with Gasteiger partial charge < -0.3 is 9.68 Å². The first-order valence-corrected chi connectivity index (χ1v) is 5.11. The fourth-order valence-electron chi connectivity index (χ4n) is 1.14. The molecule has 0 aromatic carbocycles. The molecule has 3 nitrogen and oxygen atoms in total. The Morgan fingerprint density at radius 2 is 2.27 bits per heavy atom. The molecule has 3 heteroatoms. The molecule has 0 amide bonds. The maximum Gasteiger partial charge on any atom is 0.147 e. The average molecular weight is 207 g/mol. The van der Waals surface area contributed by atoms with Crippen molar-refractivity contribution in [3.05, 3.63) is 48.0 Å². The third kappa shape index (κ3) is 4.51. The zero-order chi connectivity index (χ0) is 10.9. The topological polar surface area (TPSA) is 30.5 Å². The van der Waals surface area contributed by atoms with Crippen LogP contribution in [0.25, 0.3) is 0 Å². The molecule has 0 fully saturated rings. The van der Waals surface area contributed by atoms with Crippen molar-refractivity contribution in [3.8, 4) is 0 Å². The van der Waals surface area contributed by atoms with Crippen molar-refractivity contribution in [2.24, 2.45) is 0 Å². The number of nitrogens with one attached hydrogen (secondary N) is 1. The minimum Gasteiger partial charge on any atom is -0.374 e. The summed E-state index contributed by atoms with van der Waals surface area (Å²) in [6, 6.07) is 0. The molecule has 1 rings (SSSR count). The van der Waals surface area contributed by atoms with Crippen LogP contribution in [0.3, 0.4) is 0 Å². The van der Waals surface area contributed by atoms with Crippen LogP contribution in [-0.2, 0) is 9.68 Å². The Kier molecular flexibility index (Phi) is 5.33. The van der Waals surface area contributed by atoms with E-state index in [2.05, 4.69) is 11.7 Å². The quantitative estimate of drug-likeness (QED) is 0.427. The maximum atomic E-state index is 5.19. The van der Waals surface area contributed by atoms with E-state index in [1.165, 1.54) is 0 Å². The summed E-state index contributed by atoms with van der Waals surface area (Å²) >= 11 is 0. The van der Waals surface area contributed by atoms with Crippen molar-refractivity contribution >= 4 is 0 Å². The van der Waals surface area contributed by atoms with Crippen LogP contribution < -0.4 is 5.64 Å². The Bertz CT molecular complexity index is 297. The molecule has 0 saturated heterocycles. The summed E-state index contributed by atoms with van der Waals surface area (Å²) in [6.07, 6.45) is 13.7. The number of hydrogen-bond donors (Lipinski definition) is 1. The molecule has 0 radical (unpaired) electrons. The van der Waals surface area contributed by atoms with Crippen molar-refractivity contribution in [2.75, 3.05) is 0 Å². The monoisotopic (exact) mass is 207 g/mol. The highest BCUT2D eigenvalue weighted by Gasteiger charge is 1.98. The van der Waals surface area contributed by atoms with Crippen LogP contribution in [0.15, 0.2) is 48.0 Å². The van der Waals surface area contributed by atoms with E-state index in [0.29, 0.717) is 0 Å². The van der Waals surface area contributed by atoms with Gasteiger partial charge in [0.05, 0.1) is 0 Å². The van der Waals surface area contributed by atoms with Crippen molar-refractivity contribution in [1.29, 1.82) is 0 Å². The zero-order valence-electron chi connectivity index (χ0n) is 9.19. The Balaban J connectivity index is 2.26. The van der Waals surface area contributed by atoms with Gasteiger partial charge in [0.2, 0.25) is 0 Å². The summed E-state index contributed by atoms with van der Waals surface area (Å²) in [5.41, 5.74) is 2.45. The summed E-state index contributed by atoms with van der Waals surface area (Å²) in [5.74, 6) is 1.51. The first-order valence-electron chi connectivity index (χ1n) is 5.11. The molecule has 1 aliphatic carbocycles. The summed E-state index contributed by atoms with van der Waals surface area (Å²) < 4.78 is 0. The lowest BCUT2D eigenvalue weighted by Crippen LogP contribution is -2.14. The fraction of sp³-hybridized carbons (Fsp3) is 0.333. The van der Waals surface area contributed by atoms with Gasteiger partial charge in [-0.05, 0) is 51.0 Å². The Morgan fingerprint density at radius 1 is 1.40 bits per heavy atom. The van der Waals surface area contributed by atoms with Gasteiger partial charge >= 0.3 is 0 Å². The van der Waals surface area contributed by atoms with Gasteiger partial charge in [-0.1, -0.05) is 12.2 Å². The zero-order valence-corrected chi connectivity index (χ0v) is 9.19. The minimum atomic E-state index is 0.720. The van der Waals surface area contributed by atoms with Gasteiger partial charge in [-0.25, -0.2) is 0 Å². The number of hydrogen-bond acceptors (Lipinski definition) is 3. The average Bonchev–Trinajstić information content (AvgIpc) is 2.29. The number of allylic oxidation sites excluding steroid dienone is 6. The molecule has 0 spiro atoms. The molecule has 0 bridgehead atoms. The molecular weight excluding hydrogens is 190 g/mol. The van der Waals surface area contributed by atoms with Gasteiger partial charge in [0, 0.05) is 5.64 Å². The highest BCUT2D eigenvalue weighted by molar-refractivity contribution is 5.15. The van der Waals surface area contributed by atoms with E-state index in [-0.39, 0.29) is 0 Å². The lowest BCUT2D eigenvalue weighted by molar-refractivity contribution is -0.106. The molecule has 0 saturated carbocycles. The first-order chi connectivity index (χ1) is 7.36. The second-order valence-corrected chi connectivity index (χ2v) is 3.06. The molecule has 0 aromatic rings. The van der Waals surface area contributed by atoms with E-state index >= 15 is 0 Å². The Morgan fingerprint density at radius 3 is 2.87 bits per heavy atom. The molecular formula is C12H17NO2. The summed E-state index contributed by atoms with van der Waals surface area (Å²) in [4.78, 5) is 10.4. The van der Waals surface area contributed by atoms with Gasteiger partial charge in [0.15, 0.2) is 0 Å². The number of rotatable bonds is 5. The molecule has 0 unspecified atom stereocenters. The van der Waals surface area contributed by atoms with E-state index in [1.54, 1.807) is 0 Å². The third-order valence-electron chi connectivity index (χ3n) is 1.90. The van der Waals surface area contributed by atoms with Crippen molar-refractivity contribution in [3.63, 3.8) is 0 Å². The van der Waals surface area contributed by atoms with Crippen LogP contribution in [-0.4, -0.2) is 0 Å². The molecule has 1 aliphatic rings. The lowest BCUT2D eigenvalue weighted by atomic mass is 10.2. The second kappa shape index (κ2) is 6.90. The van der Waals surface area contributed by atoms with E-state index in [0.717, 1.165) is 24.4 Å². The van der Waals surface area contributed by atoms with Crippen molar-refractivity contribution < 1.29 is 9.68 Å². The van der Waals surface area contributed by atoms with Gasteiger partial charge in [-0.15, -0.1) is 0 Å². The standard InChI is InChI=1S/C12H17NO2/c1-3-8-11(4-2)14-13-15-12-9-6-5-7-10-12/h3-4,6,8-10,13H,5,7H2,1-2H3/b8-3-,11-4+. The lowest BCUT2D eigenvalue weighted by Gasteiger charge is -2.10. The fourth-order valence-corrected chi connectivity index (χ4v) is 1.14. The largest absolute Gasteiger partial charge is 0.374 e. The van der Waals surface area contributed by atoms with E-state index in [1.807, 2.05) is 44.2 Å². The normalized spacial score (nSPS) is 16.7. The SMILES string of the molecule is C/C=C\C(=C/C)ONOC1=CCCC=C1. The summed E-state index contributed by atoms with van der Waals surface area (Å²) in [6.45, 7) is 3.83.